The third kappa shape index (κ3) is 5.16. The van der Waals surface area contributed by atoms with Crippen LogP contribution in [0.1, 0.15) is 17.3 Å². The molecule has 138 valence electrons. The van der Waals surface area contributed by atoms with Gasteiger partial charge in [-0.25, -0.2) is 0 Å². The zero-order valence-corrected chi connectivity index (χ0v) is 14.7. The molecule has 1 heterocycles. The van der Waals surface area contributed by atoms with Gasteiger partial charge < -0.3 is 24.8 Å². The number of hydrogen-bond donors (Lipinski definition) is 2. The average Bonchev–Trinajstić information content (AvgIpc) is 3.12. The number of amides is 2. The highest BCUT2D eigenvalue weighted by molar-refractivity contribution is 5.95. The first-order chi connectivity index (χ1) is 13.1. The first kappa shape index (κ1) is 18.1. The van der Waals surface area contributed by atoms with Crippen LogP contribution in [-0.4, -0.2) is 31.8 Å². The topological polar surface area (TPSA) is 85.9 Å². The van der Waals surface area contributed by atoms with Crippen molar-refractivity contribution >= 4 is 17.5 Å². The van der Waals surface area contributed by atoms with E-state index in [1.807, 2.05) is 0 Å². The van der Waals surface area contributed by atoms with Gasteiger partial charge in [0.1, 0.15) is 12.4 Å². The van der Waals surface area contributed by atoms with Crippen LogP contribution in [0.4, 0.5) is 5.69 Å². The molecule has 2 N–H and O–H groups in total. The number of hydrogen-bond acceptors (Lipinski definition) is 5. The molecular weight excluding hydrogens is 348 g/mol. The number of rotatable bonds is 5. The summed E-state index contributed by atoms with van der Waals surface area (Å²) in [4.78, 5) is 23.0. The Bertz CT molecular complexity index is 897. The predicted molar refractivity (Wildman–Crippen MR) is 98.9 cm³/mol. The minimum atomic E-state index is -0.240. The number of anilines is 1. The molecule has 0 spiro atoms. The fourth-order valence-corrected chi connectivity index (χ4v) is 2.33. The standard InChI is InChI=1S/C20H18N2O5/c1-14(23)22-16-6-4-15(5-7-16)20(24)21-10-2-3-11-25-17-8-9-18-19(12-17)27-13-26-18/h4-9,12H,10-11,13H2,1H3,(H,21,24)(H,22,23). The summed E-state index contributed by atoms with van der Waals surface area (Å²) in [6, 6.07) is 11.9. The van der Waals surface area contributed by atoms with Crippen molar-refractivity contribution in [2.45, 2.75) is 6.92 Å². The van der Waals surface area contributed by atoms with Crippen LogP contribution in [0, 0.1) is 11.8 Å². The van der Waals surface area contributed by atoms with E-state index in [0.29, 0.717) is 28.5 Å². The highest BCUT2D eigenvalue weighted by Gasteiger charge is 2.13. The fourth-order valence-electron chi connectivity index (χ4n) is 2.33. The van der Waals surface area contributed by atoms with E-state index in [1.165, 1.54) is 6.92 Å². The first-order valence-corrected chi connectivity index (χ1v) is 8.26. The Balaban J connectivity index is 1.41. The van der Waals surface area contributed by atoms with Gasteiger partial charge in [-0.15, -0.1) is 0 Å². The van der Waals surface area contributed by atoms with E-state index in [-0.39, 0.29) is 31.8 Å². The van der Waals surface area contributed by atoms with Crippen molar-refractivity contribution in [3.8, 4) is 29.1 Å². The summed E-state index contributed by atoms with van der Waals surface area (Å²) in [5, 5.41) is 5.34. The number of ether oxygens (including phenoxy) is 3. The molecule has 0 bridgehead atoms. The number of fused-ring (bicyclic) bond motifs is 1. The summed E-state index contributed by atoms with van der Waals surface area (Å²) in [6.45, 7) is 2.04. The highest BCUT2D eigenvalue weighted by Crippen LogP contribution is 2.34. The van der Waals surface area contributed by atoms with Crippen molar-refractivity contribution in [1.82, 2.24) is 5.32 Å². The summed E-state index contributed by atoms with van der Waals surface area (Å²) in [6.07, 6.45) is 0. The molecule has 0 saturated heterocycles. The Kier molecular flexibility index (Phi) is 5.80. The second-order valence-corrected chi connectivity index (χ2v) is 5.60. The molecule has 3 rings (SSSR count). The van der Waals surface area contributed by atoms with E-state index in [2.05, 4.69) is 22.5 Å². The van der Waals surface area contributed by atoms with Crippen molar-refractivity contribution in [2.75, 3.05) is 25.3 Å². The van der Waals surface area contributed by atoms with Gasteiger partial charge >= 0.3 is 0 Å². The predicted octanol–water partition coefficient (Wildman–Crippen LogP) is 2.19. The van der Waals surface area contributed by atoms with Gasteiger partial charge in [0.05, 0.1) is 6.54 Å². The molecule has 0 unspecified atom stereocenters. The van der Waals surface area contributed by atoms with E-state index in [0.717, 1.165) is 0 Å². The Morgan fingerprint density at radius 1 is 1.07 bits per heavy atom. The largest absolute Gasteiger partial charge is 0.481 e. The molecule has 0 aliphatic carbocycles. The van der Waals surface area contributed by atoms with Gasteiger partial charge in [0.15, 0.2) is 11.5 Å². The maximum absolute atomic E-state index is 12.0. The lowest BCUT2D eigenvalue weighted by atomic mass is 10.2. The van der Waals surface area contributed by atoms with E-state index < -0.39 is 0 Å². The molecule has 2 aromatic rings. The SMILES string of the molecule is CC(=O)Nc1ccc(C(=O)NCC#CCOc2ccc3c(c2)OCO3)cc1. The molecule has 7 heteroatoms. The van der Waals surface area contributed by atoms with E-state index in [1.54, 1.807) is 42.5 Å². The number of nitrogens with one attached hydrogen (secondary N) is 2. The van der Waals surface area contributed by atoms with Gasteiger partial charge in [-0.05, 0) is 36.4 Å². The van der Waals surface area contributed by atoms with Crippen LogP contribution in [0.25, 0.3) is 0 Å². The van der Waals surface area contributed by atoms with Crippen LogP contribution in [-0.2, 0) is 4.79 Å². The molecular formula is C20H18N2O5. The Labute approximate surface area is 156 Å². The molecule has 7 nitrogen and oxygen atoms in total. The van der Waals surface area contributed by atoms with Crippen LogP contribution in [0.15, 0.2) is 42.5 Å². The van der Waals surface area contributed by atoms with E-state index >= 15 is 0 Å². The fraction of sp³-hybridized carbons (Fsp3) is 0.200. The lowest BCUT2D eigenvalue weighted by Gasteiger charge is -2.04. The molecule has 2 aromatic carbocycles. The highest BCUT2D eigenvalue weighted by atomic mass is 16.7. The quantitative estimate of drug-likeness (QED) is 0.793. The summed E-state index contributed by atoms with van der Waals surface area (Å²) in [7, 11) is 0. The average molecular weight is 366 g/mol. The third-order valence-electron chi connectivity index (χ3n) is 3.58. The van der Waals surface area contributed by atoms with Crippen molar-refractivity contribution in [1.29, 1.82) is 0 Å². The smallest absolute Gasteiger partial charge is 0.252 e. The van der Waals surface area contributed by atoms with Crippen LogP contribution >= 0.6 is 0 Å². The van der Waals surface area contributed by atoms with Crippen LogP contribution in [0.2, 0.25) is 0 Å². The molecule has 27 heavy (non-hydrogen) atoms. The Morgan fingerprint density at radius 2 is 1.85 bits per heavy atom. The summed E-state index contributed by atoms with van der Waals surface area (Å²) >= 11 is 0. The van der Waals surface area contributed by atoms with Crippen molar-refractivity contribution < 1.29 is 23.8 Å². The Morgan fingerprint density at radius 3 is 2.63 bits per heavy atom. The normalized spacial score (nSPS) is 11.1. The maximum atomic E-state index is 12.0. The van der Waals surface area contributed by atoms with Crippen molar-refractivity contribution in [3.05, 3.63) is 48.0 Å². The zero-order valence-electron chi connectivity index (χ0n) is 14.7. The van der Waals surface area contributed by atoms with Crippen LogP contribution < -0.4 is 24.8 Å². The summed E-state index contributed by atoms with van der Waals surface area (Å²) < 4.78 is 16.0. The summed E-state index contributed by atoms with van der Waals surface area (Å²) in [5.41, 5.74) is 1.13. The van der Waals surface area contributed by atoms with Gasteiger partial charge in [0.2, 0.25) is 12.7 Å². The molecule has 0 saturated carbocycles. The minimum Gasteiger partial charge on any atom is -0.481 e. The summed E-state index contributed by atoms with van der Waals surface area (Å²) in [5.74, 6) is 7.24. The van der Waals surface area contributed by atoms with Gasteiger partial charge in [-0.3, -0.25) is 9.59 Å². The van der Waals surface area contributed by atoms with Gasteiger partial charge in [-0.2, -0.15) is 0 Å². The molecule has 1 aliphatic heterocycles. The molecule has 0 radical (unpaired) electrons. The maximum Gasteiger partial charge on any atom is 0.252 e. The molecule has 2 amide bonds. The zero-order chi connectivity index (χ0) is 19.1. The van der Waals surface area contributed by atoms with Crippen LogP contribution in [0.5, 0.6) is 17.2 Å². The number of benzene rings is 2. The van der Waals surface area contributed by atoms with E-state index in [4.69, 9.17) is 14.2 Å². The molecule has 0 atom stereocenters. The number of carbonyl (C=O) groups is 2. The molecule has 0 aromatic heterocycles. The van der Waals surface area contributed by atoms with Crippen LogP contribution in [0.3, 0.4) is 0 Å². The van der Waals surface area contributed by atoms with Crippen molar-refractivity contribution in [2.24, 2.45) is 0 Å². The van der Waals surface area contributed by atoms with Gasteiger partial charge in [0, 0.05) is 24.2 Å². The van der Waals surface area contributed by atoms with Gasteiger partial charge in [-0.1, -0.05) is 11.8 Å². The lowest BCUT2D eigenvalue weighted by Crippen LogP contribution is -2.23. The molecule has 0 fully saturated rings. The second kappa shape index (κ2) is 8.63. The third-order valence-corrected chi connectivity index (χ3v) is 3.58. The first-order valence-electron chi connectivity index (χ1n) is 8.26. The molecule has 1 aliphatic rings. The minimum absolute atomic E-state index is 0.162. The second-order valence-electron chi connectivity index (χ2n) is 5.60. The van der Waals surface area contributed by atoms with Gasteiger partial charge in [0.25, 0.3) is 5.91 Å². The van der Waals surface area contributed by atoms with Crippen molar-refractivity contribution in [3.63, 3.8) is 0 Å². The number of carbonyl (C=O) groups excluding carboxylic acids is 2. The lowest BCUT2D eigenvalue weighted by molar-refractivity contribution is -0.114. The Hall–Kier alpha value is -3.66. The van der Waals surface area contributed by atoms with E-state index in [9.17, 15) is 9.59 Å². The monoisotopic (exact) mass is 366 g/mol.